The van der Waals surface area contributed by atoms with E-state index < -0.39 is 35.4 Å². The van der Waals surface area contributed by atoms with Crippen LogP contribution in [0.1, 0.15) is 10.4 Å². The molecule has 0 radical (unpaired) electrons. The maximum absolute atomic E-state index is 12.7. The van der Waals surface area contributed by atoms with Crippen molar-refractivity contribution in [2.45, 2.75) is 6.10 Å². The van der Waals surface area contributed by atoms with Crippen LogP contribution in [0.3, 0.4) is 0 Å². The SMILES string of the molecule is CNC(=O)C1CN(C(=O)COC(=O)c2cc([N+](=O)[O-])ccc2N)c2ccccc2O1. The first-order chi connectivity index (χ1) is 14.3. The highest BCUT2D eigenvalue weighted by atomic mass is 16.6. The van der Waals surface area contributed by atoms with Crippen LogP contribution in [0, 0.1) is 10.1 Å². The molecule has 0 aliphatic carbocycles. The minimum Gasteiger partial charge on any atom is -0.477 e. The summed E-state index contributed by atoms with van der Waals surface area (Å²) in [6.45, 7) is -0.734. The average molecular weight is 414 g/mol. The maximum Gasteiger partial charge on any atom is 0.341 e. The number of non-ortho nitro benzene ring substituents is 1. The van der Waals surface area contributed by atoms with Gasteiger partial charge in [0.25, 0.3) is 17.5 Å². The number of nitrogens with two attached hydrogens (primary N) is 1. The van der Waals surface area contributed by atoms with Gasteiger partial charge in [0.2, 0.25) is 0 Å². The number of anilines is 2. The van der Waals surface area contributed by atoms with E-state index in [-0.39, 0.29) is 23.5 Å². The molecule has 0 spiro atoms. The average Bonchev–Trinajstić information content (AvgIpc) is 2.75. The molecule has 2 aromatic carbocycles. The lowest BCUT2D eigenvalue weighted by Gasteiger charge is -2.33. The number of hydrogen-bond donors (Lipinski definition) is 2. The van der Waals surface area contributed by atoms with Crippen LogP contribution in [-0.4, -0.2) is 49.0 Å². The lowest BCUT2D eigenvalue weighted by atomic mass is 10.1. The fourth-order valence-corrected chi connectivity index (χ4v) is 2.89. The second-order valence-corrected chi connectivity index (χ2v) is 6.30. The van der Waals surface area contributed by atoms with Gasteiger partial charge in [0.05, 0.1) is 22.7 Å². The molecule has 1 aliphatic heterocycles. The van der Waals surface area contributed by atoms with Gasteiger partial charge in [0, 0.05) is 24.9 Å². The first kappa shape index (κ1) is 20.6. The number of carbonyl (C=O) groups is 3. The molecule has 1 aliphatic rings. The number of nitrogens with zero attached hydrogens (tertiary/aromatic N) is 2. The summed E-state index contributed by atoms with van der Waals surface area (Å²) >= 11 is 0. The molecule has 0 saturated heterocycles. The van der Waals surface area contributed by atoms with Crippen molar-refractivity contribution in [3.05, 3.63) is 58.1 Å². The number of amides is 2. The summed E-state index contributed by atoms with van der Waals surface area (Å²) in [6.07, 6.45) is -0.933. The largest absolute Gasteiger partial charge is 0.477 e. The Morgan fingerprint density at radius 1 is 1.30 bits per heavy atom. The molecule has 1 unspecified atom stereocenters. The molecular formula is C19H18N4O7. The standard InChI is InChI=1S/C19H18N4O7/c1-21-18(25)16-9-22(14-4-2-3-5-15(14)30-16)17(24)10-29-19(26)12-8-11(23(27)28)6-7-13(12)20/h2-8,16H,9-10,20H2,1H3,(H,21,25). The molecule has 2 amide bonds. The fourth-order valence-electron chi connectivity index (χ4n) is 2.89. The number of nitro groups is 1. The maximum atomic E-state index is 12.7. The van der Waals surface area contributed by atoms with Gasteiger partial charge in [-0.1, -0.05) is 12.1 Å². The lowest BCUT2D eigenvalue weighted by Crippen LogP contribution is -2.51. The monoisotopic (exact) mass is 414 g/mol. The van der Waals surface area contributed by atoms with Gasteiger partial charge in [-0.25, -0.2) is 4.79 Å². The van der Waals surface area contributed by atoms with Gasteiger partial charge >= 0.3 is 5.97 Å². The van der Waals surface area contributed by atoms with E-state index in [0.29, 0.717) is 11.4 Å². The van der Waals surface area contributed by atoms with Crippen LogP contribution in [0.4, 0.5) is 17.1 Å². The summed E-state index contributed by atoms with van der Waals surface area (Å²) < 4.78 is 10.6. The quantitative estimate of drug-likeness (QED) is 0.316. The summed E-state index contributed by atoms with van der Waals surface area (Å²) in [6, 6.07) is 9.98. The molecular weight excluding hydrogens is 396 g/mol. The predicted molar refractivity (Wildman–Crippen MR) is 105 cm³/mol. The third kappa shape index (κ3) is 4.14. The molecule has 11 heteroatoms. The number of hydrogen-bond acceptors (Lipinski definition) is 8. The highest BCUT2D eigenvalue weighted by molar-refractivity contribution is 6.01. The highest BCUT2D eigenvalue weighted by Crippen LogP contribution is 2.33. The molecule has 2 aromatic rings. The molecule has 3 N–H and O–H groups in total. The van der Waals surface area contributed by atoms with E-state index in [2.05, 4.69) is 5.32 Å². The smallest absolute Gasteiger partial charge is 0.341 e. The molecule has 11 nitrogen and oxygen atoms in total. The van der Waals surface area contributed by atoms with Crippen molar-refractivity contribution in [2.75, 3.05) is 30.8 Å². The van der Waals surface area contributed by atoms with Crippen molar-refractivity contribution in [3.8, 4) is 5.75 Å². The third-order valence-corrected chi connectivity index (χ3v) is 4.41. The van der Waals surface area contributed by atoms with E-state index in [1.165, 1.54) is 18.0 Å². The van der Waals surface area contributed by atoms with Gasteiger partial charge in [0.1, 0.15) is 5.75 Å². The lowest BCUT2D eigenvalue weighted by molar-refractivity contribution is -0.384. The highest BCUT2D eigenvalue weighted by Gasteiger charge is 2.33. The van der Waals surface area contributed by atoms with Crippen LogP contribution in [-0.2, 0) is 14.3 Å². The molecule has 0 saturated carbocycles. The van der Waals surface area contributed by atoms with Crippen molar-refractivity contribution in [1.29, 1.82) is 0 Å². The summed E-state index contributed by atoms with van der Waals surface area (Å²) in [5.74, 6) is -1.66. The summed E-state index contributed by atoms with van der Waals surface area (Å²) in [5.41, 5.74) is 5.54. The zero-order valence-corrected chi connectivity index (χ0v) is 15.9. The van der Waals surface area contributed by atoms with Crippen molar-refractivity contribution in [3.63, 3.8) is 0 Å². The van der Waals surface area contributed by atoms with Crippen LogP contribution in [0.15, 0.2) is 42.5 Å². The number of likely N-dealkylation sites (N-methyl/N-ethyl adjacent to an activating group) is 1. The number of nitro benzene ring substituents is 1. The van der Waals surface area contributed by atoms with Crippen molar-refractivity contribution in [1.82, 2.24) is 5.32 Å². The fraction of sp³-hybridized carbons (Fsp3) is 0.211. The molecule has 0 aromatic heterocycles. The predicted octanol–water partition coefficient (Wildman–Crippen LogP) is 0.874. The molecule has 0 fully saturated rings. The number of fused-ring (bicyclic) bond motifs is 1. The van der Waals surface area contributed by atoms with Crippen LogP contribution in [0.25, 0.3) is 0 Å². The first-order valence-corrected chi connectivity index (χ1v) is 8.80. The number of ether oxygens (including phenoxy) is 2. The molecule has 156 valence electrons. The van der Waals surface area contributed by atoms with Gasteiger partial charge in [-0.3, -0.25) is 19.7 Å². The van der Waals surface area contributed by atoms with E-state index >= 15 is 0 Å². The van der Waals surface area contributed by atoms with Crippen LogP contribution in [0.5, 0.6) is 5.75 Å². The third-order valence-electron chi connectivity index (χ3n) is 4.41. The van der Waals surface area contributed by atoms with E-state index in [1.54, 1.807) is 24.3 Å². The Balaban J connectivity index is 1.76. The Bertz CT molecular complexity index is 1020. The first-order valence-electron chi connectivity index (χ1n) is 8.80. The molecule has 3 rings (SSSR count). The van der Waals surface area contributed by atoms with Crippen LogP contribution >= 0.6 is 0 Å². The van der Waals surface area contributed by atoms with Crippen LogP contribution < -0.4 is 20.7 Å². The number of nitrogens with one attached hydrogen (secondary N) is 1. The number of para-hydroxylation sites is 2. The Labute approximate surface area is 170 Å². The zero-order valence-electron chi connectivity index (χ0n) is 15.9. The second kappa shape index (κ2) is 8.47. The molecule has 0 bridgehead atoms. The van der Waals surface area contributed by atoms with Crippen molar-refractivity contribution < 1.29 is 28.8 Å². The van der Waals surface area contributed by atoms with Gasteiger partial charge < -0.3 is 25.4 Å². The number of nitrogen functional groups attached to an aromatic ring is 1. The van der Waals surface area contributed by atoms with E-state index in [1.807, 2.05) is 0 Å². The van der Waals surface area contributed by atoms with Gasteiger partial charge in [-0.05, 0) is 18.2 Å². The Hall–Kier alpha value is -4.15. The van der Waals surface area contributed by atoms with Crippen LogP contribution in [0.2, 0.25) is 0 Å². The number of rotatable bonds is 5. The summed E-state index contributed by atoms with van der Waals surface area (Å²) in [4.78, 5) is 48.5. The Morgan fingerprint density at radius 2 is 2.03 bits per heavy atom. The second-order valence-electron chi connectivity index (χ2n) is 6.30. The number of benzene rings is 2. The van der Waals surface area contributed by atoms with Crippen molar-refractivity contribution in [2.24, 2.45) is 0 Å². The summed E-state index contributed by atoms with van der Waals surface area (Å²) in [7, 11) is 1.45. The van der Waals surface area contributed by atoms with E-state index in [9.17, 15) is 24.5 Å². The number of carbonyl (C=O) groups excluding carboxylic acids is 3. The van der Waals surface area contributed by atoms with Crippen molar-refractivity contribution >= 4 is 34.8 Å². The Morgan fingerprint density at radius 3 is 2.73 bits per heavy atom. The summed E-state index contributed by atoms with van der Waals surface area (Å²) in [5, 5.41) is 13.4. The molecule has 30 heavy (non-hydrogen) atoms. The van der Waals surface area contributed by atoms with E-state index in [0.717, 1.165) is 12.1 Å². The zero-order chi connectivity index (χ0) is 21.8. The van der Waals surface area contributed by atoms with Gasteiger partial charge in [0.15, 0.2) is 12.7 Å². The normalized spacial score (nSPS) is 14.8. The van der Waals surface area contributed by atoms with Gasteiger partial charge in [-0.15, -0.1) is 0 Å². The molecule has 1 heterocycles. The molecule has 1 atom stereocenters. The minimum atomic E-state index is -0.978. The number of esters is 1. The van der Waals surface area contributed by atoms with Gasteiger partial charge in [-0.2, -0.15) is 0 Å². The van der Waals surface area contributed by atoms with E-state index in [4.69, 9.17) is 15.2 Å². The topological polar surface area (TPSA) is 154 Å². The minimum absolute atomic E-state index is 0.0190. The Kier molecular flexibility index (Phi) is 5.81.